The third-order valence-corrected chi connectivity index (χ3v) is 2.84. The molecule has 19 heavy (non-hydrogen) atoms. The van der Waals surface area contributed by atoms with Crippen LogP contribution in [0.25, 0.3) is 6.08 Å². The summed E-state index contributed by atoms with van der Waals surface area (Å²) in [6, 6.07) is 0. The molecule has 0 aliphatic rings. The number of rotatable bonds is 4. The van der Waals surface area contributed by atoms with E-state index >= 15 is 0 Å². The first kappa shape index (κ1) is 15.5. The number of nitrogens with zero attached hydrogens (tertiary/aromatic N) is 2. The number of hydrogen-bond acceptors (Lipinski definition) is 5. The zero-order chi connectivity index (χ0) is 14.5. The van der Waals surface area contributed by atoms with Gasteiger partial charge in [0.2, 0.25) is 5.95 Å². The third kappa shape index (κ3) is 5.29. The molecule has 0 bridgehead atoms. The number of hydrogen-bond donors (Lipinski definition) is 1. The summed E-state index contributed by atoms with van der Waals surface area (Å²) in [6.45, 7) is 1.43. The van der Waals surface area contributed by atoms with Gasteiger partial charge < -0.3 is 5.73 Å². The summed E-state index contributed by atoms with van der Waals surface area (Å²) in [6.07, 6.45) is -0.250. The van der Waals surface area contributed by atoms with Gasteiger partial charge in [-0.15, -0.1) is 0 Å². The number of alkyl halides is 3. The van der Waals surface area contributed by atoms with Crippen molar-refractivity contribution in [1.82, 2.24) is 9.97 Å². The summed E-state index contributed by atoms with van der Waals surface area (Å²) in [5.74, 6) is 0.0971. The Balaban J connectivity index is 2.78. The third-order valence-electron chi connectivity index (χ3n) is 1.99. The molecule has 1 aromatic rings. The van der Waals surface area contributed by atoms with Crippen LogP contribution in [0.3, 0.4) is 0 Å². The molecule has 4 nitrogen and oxygen atoms in total. The van der Waals surface area contributed by atoms with Gasteiger partial charge in [-0.3, -0.25) is 4.79 Å². The van der Waals surface area contributed by atoms with Gasteiger partial charge in [-0.05, 0) is 6.42 Å². The first-order chi connectivity index (χ1) is 8.80. The maximum Gasteiger partial charge on any atom is 0.434 e. The first-order valence-corrected chi connectivity index (χ1v) is 6.29. The highest BCUT2D eigenvalue weighted by Gasteiger charge is 2.35. The van der Waals surface area contributed by atoms with Gasteiger partial charge >= 0.3 is 6.18 Å². The number of carbonyl (C=O) groups is 1. The Labute approximate surface area is 112 Å². The molecule has 0 radical (unpaired) electrons. The fourth-order valence-corrected chi connectivity index (χ4v) is 1.78. The lowest BCUT2D eigenvalue weighted by Crippen LogP contribution is -2.12. The van der Waals surface area contributed by atoms with E-state index in [0.29, 0.717) is 12.2 Å². The fraction of sp³-hybridized carbons (Fsp3) is 0.364. The smallest absolute Gasteiger partial charge is 0.368 e. The number of anilines is 1. The number of halogens is 3. The van der Waals surface area contributed by atoms with Crippen LogP contribution in [0.2, 0.25) is 0 Å². The second kappa shape index (κ2) is 6.55. The van der Waals surface area contributed by atoms with E-state index in [9.17, 15) is 18.0 Å². The van der Waals surface area contributed by atoms with Crippen molar-refractivity contribution in [3.63, 3.8) is 0 Å². The summed E-state index contributed by atoms with van der Waals surface area (Å²) in [5, 5.41) is -0.0276. The molecule has 1 aromatic heterocycles. The second-order valence-electron chi connectivity index (χ2n) is 3.56. The Morgan fingerprint density at radius 1 is 1.53 bits per heavy atom. The minimum atomic E-state index is -4.58. The van der Waals surface area contributed by atoms with Crippen molar-refractivity contribution >= 4 is 28.9 Å². The van der Waals surface area contributed by atoms with E-state index in [-0.39, 0.29) is 10.7 Å². The predicted octanol–water partition coefficient (Wildman–Crippen LogP) is 2.76. The average molecular weight is 291 g/mol. The van der Waals surface area contributed by atoms with Crippen LogP contribution in [0.4, 0.5) is 19.1 Å². The van der Waals surface area contributed by atoms with Crippen LogP contribution in [0, 0.1) is 0 Å². The molecule has 0 amide bonds. The van der Waals surface area contributed by atoms with Gasteiger partial charge in [0.15, 0.2) is 10.8 Å². The van der Waals surface area contributed by atoms with Crippen molar-refractivity contribution in [2.75, 3.05) is 11.5 Å². The first-order valence-electron chi connectivity index (χ1n) is 5.30. The zero-order valence-corrected chi connectivity index (χ0v) is 10.9. The van der Waals surface area contributed by atoms with E-state index < -0.39 is 17.8 Å². The molecule has 0 aliphatic heterocycles. The summed E-state index contributed by atoms with van der Waals surface area (Å²) in [4.78, 5) is 17.4. The van der Waals surface area contributed by atoms with Crippen LogP contribution >= 0.6 is 11.8 Å². The van der Waals surface area contributed by atoms with Gasteiger partial charge in [0.1, 0.15) is 0 Å². The summed E-state index contributed by atoms with van der Waals surface area (Å²) in [5.41, 5.74) is 3.94. The average Bonchev–Trinajstić information content (AvgIpc) is 2.28. The molecule has 0 atom stereocenters. The van der Waals surface area contributed by atoms with Gasteiger partial charge in [-0.1, -0.05) is 23.9 Å². The number of nitrogen functional groups attached to an aromatic ring is 1. The SMILES string of the molecule is CC(=O)SCCC=Cc1cnc(N)nc1C(F)(F)F. The van der Waals surface area contributed by atoms with E-state index in [0.717, 1.165) is 18.0 Å². The topological polar surface area (TPSA) is 68.9 Å². The highest BCUT2D eigenvalue weighted by atomic mass is 32.2. The maximum absolute atomic E-state index is 12.7. The highest BCUT2D eigenvalue weighted by Crippen LogP contribution is 2.31. The summed E-state index contributed by atoms with van der Waals surface area (Å²) >= 11 is 1.11. The zero-order valence-electron chi connectivity index (χ0n) is 10.1. The van der Waals surface area contributed by atoms with Crippen LogP contribution < -0.4 is 5.73 Å². The fourth-order valence-electron chi connectivity index (χ4n) is 1.23. The quantitative estimate of drug-likeness (QED) is 0.864. The molecule has 0 aromatic carbocycles. The van der Waals surface area contributed by atoms with Crippen molar-refractivity contribution in [1.29, 1.82) is 0 Å². The minimum absolute atomic E-state index is 0.0276. The Morgan fingerprint density at radius 2 is 2.21 bits per heavy atom. The Kier molecular flexibility index (Phi) is 5.34. The molecule has 1 heterocycles. The lowest BCUT2D eigenvalue weighted by molar-refractivity contribution is -0.141. The van der Waals surface area contributed by atoms with Gasteiger partial charge in [0.25, 0.3) is 0 Å². The van der Waals surface area contributed by atoms with Gasteiger partial charge in [0, 0.05) is 24.4 Å². The number of carbonyl (C=O) groups excluding carboxylic acids is 1. The minimum Gasteiger partial charge on any atom is -0.368 e. The molecular formula is C11H12F3N3OS. The van der Waals surface area contributed by atoms with Gasteiger partial charge in [-0.25, -0.2) is 9.97 Å². The molecule has 0 saturated heterocycles. The molecule has 8 heteroatoms. The van der Waals surface area contributed by atoms with Crippen molar-refractivity contribution in [2.45, 2.75) is 19.5 Å². The Morgan fingerprint density at radius 3 is 2.79 bits per heavy atom. The number of allylic oxidation sites excluding steroid dienone is 1. The Hall–Kier alpha value is -1.57. The monoisotopic (exact) mass is 291 g/mol. The van der Waals surface area contributed by atoms with E-state index in [1.54, 1.807) is 6.08 Å². The molecule has 0 saturated carbocycles. The van der Waals surface area contributed by atoms with E-state index in [4.69, 9.17) is 5.73 Å². The van der Waals surface area contributed by atoms with Gasteiger partial charge in [-0.2, -0.15) is 13.2 Å². The van der Waals surface area contributed by atoms with Crippen LogP contribution in [0.5, 0.6) is 0 Å². The van der Waals surface area contributed by atoms with Crippen molar-refractivity contribution in [3.05, 3.63) is 23.5 Å². The van der Waals surface area contributed by atoms with E-state index in [1.165, 1.54) is 13.0 Å². The number of aromatic nitrogens is 2. The molecule has 1 rings (SSSR count). The molecule has 0 fully saturated rings. The lowest BCUT2D eigenvalue weighted by atomic mass is 10.2. The second-order valence-corrected chi connectivity index (χ2v) is 4.83. The molecule has 104 valence electrons. The van der Waals surface area contributed by atoms with Crippen LogP contribution in [0.1, 0.15) is 24.6 Å². The normalized spacial score (nSPS) is 12.0. The highest BCUT2D eigenvalue weighted by molar-refractivity contribution is 8.13. The van der Waals surface area contributed by atoms with Gasteiger partial charge in [0.05, 0.1) is 0 Å². The van der Waals surface area contributed by atoms with Crippen LogP contribution in [-0.2, 0) is 11.0 Å². The lowest BCUT2D eigenvalue weighted by Gasteiger charge is -2.08. The van der Waals surface area contributed by atoms with Crippen molar-refractivity contribution in [2.24, 2.45) is 0 Å². The molecule has 2 N–H and O–H groups in total. The Bertz CT molecular complexity index is 489. The maximum atomic E-state index is 12.7. The largest absolute Gasteiger partial charge is 0.434 e. The summed E-state index contributed by atoms with van der Waals surface area (Å²) in [7, 11) is 0. The van der Waals surface area contributed by atoms with E-state index in [2.05, 4.69) is 9.97 Å². The van der Waals surface area contributed by atoms with Crippen molar-refractivity contribution < 1.29 is 18.0 Å². The van der Waals surface area contributed by atoms with E-state index in [1.807, 2.05) is 0 Å². The number of nitrogens with two attached hydrogens (primary N) is 1. The predicted molar refractivity (Wildman–Crippen MR) is 68.2 cm³/mol. The van der Waals surface area contributed by atoms with Crippen LogP contribution in [0.15, 0.2) is 12.3 Å². The summed E-state index contributed by atoms with van der Waals surface area (Å²) < 4.78 is 38.0. The van der Waals surface area contributed by atoms with Crippen molar-refractivity contribution in [3.8, 4) is 0 Å². The standard InChI is InChI=1S/C11H12F3N3OS/c1-7(18)19-5-3-2-4-8-6-16-10(15)17-9(8)11(12,13)14/h2,4,6H,3,5H2,1H3,(H2,15,16,17). The molecule has 0 aliphatic carbocycles. The molecule has 0 unspecified atom stereocenters. The molecular weight excluding hydrogens is 279 g/mol. The number of thioether (sulfide) groups is 1. The van der Waals surface area contributed by atoms with Crippen LogP contribution in [-0.4, -0.2) is 20.8 Å². The molecule has 0 spiro atoms.